The number of aliphatic hydroxyl groups excluding tert-OH is 1. The molecule has 0 aliphatic heterocycles. The van der Waals surface area contributed by atoms with Crippen LogP contribution in [0.2, 0.25) is 0 Å². The molecule has 0 aromatic rings. The van der Waals surface area contributed by atoms with E-state index in [2.05, 4.69) is 12.2 Å². The molecule has 0 fully saturated rings. The topological polar surface area (TPSA) is 69.6 Å². The quantitative estimate of drug-likeness (QED) is 0.397. The van der Waals surface area contributed by atoms with Gasteiger partial charge >= 0.3 is 0 Å². The summed E-state index contributed by atoms with van der Waals surface area (Å²) in [5, 5.41) is 12.4. The van der Waals surface area contributed by atoms with Crippen LogP contribution < -0.4 is 5.32 Å². The van der Waals surface area contributed by atoms with Crippen LogP contribution in [0.5, 0.6) is 0 Å². The minimum absolute atomic E-state index is 0.00557. The standard InChI is InChI=1S/C15H28ClN2O3/c1-3-9-18(12-14(20)11-16)10-8-17-15(21)7-5-4-6-13(2)19/h14,20H,1,3-12H2,2H3,(H,17,21). The first-order valence-electron chi connectivity index (χ1n) is 7.51. The Balaban J connectivity index is 3.76. The predicted octanol–water partition coefficient (Wildman–Crippen LogP) is 1.38. The lowest BCUT2D eigenvalue weighted by Gasteiger charge is -2.23. The molecular weight excluding hydrogens is 292 g/mol. The van der Waals surface area contributed by atoms with E-state index in [0.717, 1.165) is 25.8 Å². The maximum Gasteiger partial charge on any atom is 0.220 e. The molecule has 0 saturated heterocycles. The van der Waals surface area contributed by atoms with Crippen molar-refractivity contribution in [3.8, 4) is 0 Å². The fourth-order valence-electron chi connectivity index (χ4n) is 1.97. The van der Waals surface area contributed by atoms with Crippen LogP contribution in [0, 0.1) is 6.92 Å². The molecule has 0 aromatic carbocycles. The van der Waals surface area contributed by atoms with Crippen LogP contribution >= 0.6 is 11.6 Å². The van der Waals surface area contributed by atoms with Gasteiger partial charge in [0, 0.05) is 38.4 Å². The van der Waals surface area contributed by atoms with Crippen LogP contribution in [-0.4, -0.2) is 59.9 Å². The molecule has 1 unspecified atom stereocenters. The number of nitrogens with one attached hydrogen (secondary N) is 1. The summed E-state index contributed by atoms with van der Waals surface area (Å²) in [6.07, 6.45) is 2.68. The average Bonchev–Trinajstić information content (AvgIpc) is 2.43. The van der Waals surface area contributed by atoms with Gasteiger partial charge in [-0.3, -0.25) is 9.69 Å². The van der Waals surface area contributed by atoms with Crippen LogP contribution in [-0.2, 0) is 9.59 Å². The average molecular weight is 320 g/mol. The van der Waals surface area contributed by atoms with Gasteiger partial charge < -0.3 is 15.2 Å². The van der Waals surface area contributed by atoms with Crippen molar-refractivity contribution in [3.05, 3.63) is 6.92 Å². The maximum atomic E-state index is 11.6. The number of carbonyl (C=O) groups is 2. The number of aliphatic hydroxyl groups is 1. The normalized spacial score (nSPS) is 12.4. The van der Waals surface area contributed by atoms with Crippen molar-refractivity contribution in [1.82, 2.24) is 10.2 Å². The number of amides is 1. The SMILES string of the molecule is [CH2]CCN(CCNC(=O)CCCCC(C)=O)CC(O)CCl. The fraction of sp³-hybridized carbons (Fsp3) is 0.800. The first-order valence-corrected chi connectivity index (χ1v) is 8.04. The highest BCUT2D eigenvalue weighted by atomic mass is 35.5. The lowest BCUT2D eigenvalue weighted by atomic mass is 10.1. The molecular formula is C15H28ClN2O3. The molecule has 0 spiro atoms. The number of carbonyl (C=O) groups excluding carboxylic acids is 2. The summed E-state index contributed by atoms with van der Waals surface area (Å²) >= 11 is 5.59. The minimum Gasteiger partial charge on any atom is -0.391 e. The summed E-state index contributed by atoms with van der Waals surface area (Å²) in [6, 6.07) is 0. The second kappa shape index (κ2) is 13.0. The number of alkyl halides is 1. The maximum absolute atomic E-state index is 11.6. The molecule has 0 aromatic heterocycles. The number of unbranched alkanes of at least 4 members (excludes halogenated alkanes) is 1. The minimum atomic E-state index is -0.555. The van der Waals surface area contributed by atoms with E-state index in [0.29, 0.717) is 32.5 Å². The van der Waals surface area contributed by atoms with Gasteiger partial charge in [-0.15, -0.1) is 11.6 Å². The second-order valence-electron chi connectivity index (χ2n) is 5.22. The van der Waals surface area contributed by atoms with Gasteiger partial charge in [-0.25, -0.2) is 0 Å². The molecule has 2 N–H and O–H groups in total. The van der Waals surface area contributed by atoms with Crippen molar-refractivity contribution >= 4 is 23.3 Å². The van der Waals surface area contributed by atoms with Gasteiger partial charge in [0.05, 0.1) is 6.10 Å². The highest BCUT2D eigenvalue weighted by molar-refractivity contribution is 6.18. The second-order valence-corrected chi connectivity index (χ2v) is 5.53. The van der Waals surface area contributed by atoms with Gasteiger partial charge in [0.15, 0.2) is 0 Å². The summed E-state index contributed by atoms with van der Waals surface area (Å²) in [7, 11) is 0. The number of hydrogen-bond donors (Lipinski definition) is 2. The Morgan fingerprint density at radius 1 is 1.29 bits per heavy atom. The van der Waals surface area contributed by atoms with Gasteiger partial charge in [0.25, 0.3) is 0 Å². The smallest absolute Gasteiger partial charge is 0.220 e. The van der Waals surface area contributed by atoms with Crippen LogP contribution in [0.15, 0.2) is 0 Å². The van der Waals surface area contributed by atoms with Gasteiger partial charge in [0.2, 0.25) is 5.91 Å². The largest absolute Gasteiger partial charge is 0.391 e. The van der Waals surface area contributed by atoms with Crippen molar-refractivity contribution in [2.75, 3.05) is 32.1 Å². The zero-order chi connectivity index (χ0) is 16.1. The zero-order valence-electron chi connectivity index (χ0n) is 12.9. The van der Waals surface area contributed by atoms with Crippen LogP contribution in [0.3, 0.4) is 0 Å². The molecule has 123 valence electrons. The van der Waals surface area contributed by atoms with E-state index >= 15 is 0 Å². The Bertz CT molecular complexity index is 301. The molecule has 1 amide bonds. The molecule has 0 rings (SSSR count). The third kappa shape index (κ3) is 12.8. The molecule has 0 aliphatic rings. The highest BCUT2D eigenvalue weighted by Crippen LogP contribution is 2.00. The molecule has 21 heavy (non-hydrogen) atoms. The van der Waals surface area contributed by atoms with Crippen LogP contribution in [0.4, 0.5) is 0 Å². The first kappa shape index (κ1) is 20.3. The fourth-order valence-corrected chi connectivity index (χ4v) is 2.06. The third-order valence-corrected chi connectivity index (χ3v) is 3.41. The monoisotopic (exact) mass is 319 g/mol. The Kier molecular flexibility index (Phi) is 12.6. The van der Waals surface area contributed by atoms with Crippen molar-refractivity contribution < 1.29 is 14.7 Å². The predicted molar refractivity (Wildman–Crippen MR) is 85.3 cm³/mol. The summed E-state index contributed by atoms with van der Waals surface area (Å²) in [5.41, 5.74) is 0. The number of hydrogen-bond acceptors (Lipinski definition) is 4. The molecule has 1 radical (unpaired) electrons. The van der Waals surface area contributed by atoms with E-state index in [1.165, 1.54) is 0 Å². The third-order valence-electron chi connectivity index (χ3n) is 3.05. The Morgan fingerprint density at radius 3 is 2.52 bits per heavy atom. The van der Waals surface area contributed by atoms with E-state index in [-0.39, 0.29) is 17.6 Å². The Morgan fingerprint density at radius 2 is 1.95 bits per heavy atom. The summed E-state index contributed by atoms with van der Waals surface area (Å²) < 4.78 is 0. The number of halogens is 1. The van der Waals surface area contributed by atoms with Gasteiger partial charge in [-0.05, 0) is 32.7 Å². The first-order chi connectivity index (χ1) is 9.99. The number of ketones is 1. The van der Waals surface area contributed by atoms with Crippen molar-refractivity contribution in [1.29, 1.82) is 0 Å². The van der Waals surface area contributed by atoms with Crippen molar-refractivity contribution in [2.45, 2.75) is 45.1 Å². The molecule has 6 heteroatoms. The van der Waals surface area contributed by atoms with Gasteiger partial charge in [0.1, 0.15) is 5.78 Å². The summed E-state index contributed by atoms with van der Waals surface area (Å²) in [5.74, 6) is 0.374. The van der Waals surface area contributed by atoms with E-state index in [1.807, 2.05) is 4.90 Å². The molecule has 5 nitrogen and oxygen atoms in total. The lowest BCUT2D eigenvalue weighted by molar-refractivity contribution is -0.121. The molecule has 1 atom stereocenters. The highest BCUT2D eigenvalue weighted by Gasteiger charge is 2.10. The summed E-state index contributed by atoms with van der Waals surface area (Å²) in [4.78, 5) is 24.4. The molecule has 0 bridgehead atoms. The number of Topliss-reactive ketones (excluding diaryl/α,β-unsaturated/α-hetero) is 1. The zero-order valence-corrected chi connectivity index (χ0v) is 13.7. The Labute approximate surface area is 133 Å². The lowest BCUT2D eigenvalue weighted by Crippen LogP contribution is -2.39. The van der Waals surface area contributed by atoms with Crippen LogP contribution in [0.25, 0.3) is 0 Å². The van der Waals surface area contributed by atoms with Gasteiger partial charge in [-0.2, -0.15) is 0 Å². The molecule has 0 aliphatic carbocycles. The van der Waals surface area contributed by atoms with Crippen molar-refractivity contribution in [2.24, 2.45) is 0 Å². The van der Waals surface area contributed by atoms with E-state index < -0.39 is 6.10 Å². The molecule has 0 heterocycles. The van der Waals surface area contributed by atoms with Gasteiger partial charge in [-0.1, -0.05) is 6.92 Å². The Hall–Kier alpha value is -0.650. The van der Waals surface area contributed by atoms with E-state index in [4.69, 9.17) is 11.6 Å². The number of nitrogens with zero attached hydrogens (tertiary/aromatic N) is 1. The van der Waals surface area contributed by atoms with E-state index in [9.17, 15) is 14.7 Å². The summed E-state index contributed by atoms with van der Waals surface area (Å²) in [6.45, 7) is 7.83. The van der Waals surface area contributed by atoms with Crippen LogP contribution in [0.1, 0.15) is 39.0 Å². The molecule has 0 saturated carbocycles. The van der Waals surface area contributed by atoms with Crippen molar-refractivity contribution in [3.63, 3.8) is 0 Å². The number of rotatable bonds is 13. The van der Waals surface area contributed by atoms with E-state index in [1.54, 1.807) is 6.92 Å².